The van der Waals surface area contributed by atoms with Crippen molar-refractivity contribution in [2.45, 2.75) is 33.6 Å². The first-order chi connectivity index (χ1) is 12.5. The molecule has 3 heterocycles. The summed E-state index contributed by atoms with van der Waals surface area (Å²) in [4.78, 5) is 10.4. The van der Waals surface area contributed by atoms with E-state index in [1.807, 2.05) is 25.3 Å². The number of nitrogens with one attached hydrogen (secondary N) is 1. The zero-order valence-corrected chi connectivity index (χ0v) is 16.1. The molecule has 0 aliphatic carbocycles. The van der Waals surface area contributed by atoms with E-state index in [2.05, 4.69) is 59.6 Å². The van der Waals surface area contributed by atoms with Gasteiger partial charge < -0.3 is 5.32 Å². The predicted octanol–water partition coefficient (Wildman–Crippen LogP) is 5.36. The molecule has 0 bridgehead atoms. The highest BCUT2D eigenvalue weighted by atomic mass is 32.1. The molecule has 26 heavy (non-hydrogen) atoms. The Labute approximate surface area is 156 Å². The molecule has 0 saturated heterocycles. The Kier molecular flexibility index (Phi) is 4.20. The first-order valence-corrected chi connectivity index (χ1v) is 9.55. The van der Waals surface area contributed by atoms with Crippen LogP contribution in [0.2, 0.25) is 0 Å². The Hall–Kier alpha value is -2.73. The van der Waals surface area contributed by atoms with Gasteiger partial charge in [-0.2, -0.15) is 15.1 Å². The minimum atomic E-state index is 0.518. The second-order valence-corrected chi connectivity index (χ2v) is 7.65. The van der Waals surface area contributed by atoms with Crippen molar-refractivity contribution < 1.29 is 0 Å². The number of aromatic nitrogens is 4. The van der Waals surface area contributed by atoms with Gasteiger partial charge in [0.25, 0.3) is 5.95 Å². The van der Waals surface area contributed by atoms with Gasteiger partial charge in [-0.25, -0.2) is 4.68 Å². The largest absolute Gasteiger partial charge is 0.340 e. The third-order valence-corrected chi connectivity index (χ3v) is 5.16. The smallest absolute Gasteiger partial charge is 0.254 e. The van der Waals surface area contributed by atoms with Crippen LogP contribution in [-0.2, 0) is 0 Å². The molecule has 0 atom stereocenters. The topological polar surface area (TPSA) is 55.6 Å². The van der Waals surface area contributed by atoms with Gasteiger partial charge in [0.05, 0.1) is 11.1 Å². The monoisotopic (exact) mass is 363 g/mol. The average Bonchev–Trinajstić information content (AvgIpc) is 3.21. The van der Waals surface area contributed by atoms with Crippen LogP contribution in [0, 0.1) is 13.8 Å². The van der Waals surface area contributed by atoms with Crippen molar-refractivity contribution in [1.29, 1.82) is 0 Å². The maximum absolute atomic E-state index is 4.76. The van der Waals surface area contributed by atoms with E-state index in [0.717, 1.165) is 33.1 Å². The van der Waals surface area contributed by atoms with E-state index in [1.165, 1.54) is 5.56 Å². The van der Waals surface area contributed by atoms with Crippen molar-refractivity contribution >= 4 is 33.1 Å². The third-order valence-electron chi connectivity index (χ3n) is 4.35. The molecule has 0 amide bonds. The summed E-state index contributed by atoms with van der Waals surface area (Å²) in [7, 11) is 0. The molecule has 1 aromatic carbocycles. The molecule has 0 fully saturated rings. The van der Waals surface area contributed by atoms with Crippen LogP contribution in [0.15, 0.2) is 41.8 Å². The number of rotatable bonds is 4. The fraction of sp³-hybridized carbons (Fsp3) is 0.250. The second kappa shape index (κ2) is 6.53. The van der Waals surface area contributed by atoms with Gasteiger partial charge in [-0.05, 0) is 55.0 Å². The van der Waals surface area contributed by atoms with E-state index in [-0.39, 0.29) is 0 Å². The highest BCUT2D eigenvalue weighted by molar-refractivity contribution is 7.16. The van der Waals surface area contributed by atoms with Gasteiger partial charge in [0.1, 0.15) is 10.6 Å². The van der Waals surface area contributed by atoms with Gasteiger partial charge in [-0.15, -0.1) is 11.3 Å². The molecule has 0 saturated carbocycles. The van der Waals surface area contributed by atoms with Crippen LogP contribution in [-0.4, -0.2) is 19.7 Å². The van der Waals surface area contributed by atoms with Crippen molar-refractivity contribution in [1.82, 2.24) is 19.7 Å². The molecule has 132 valence electrons. The van der Waals surface area contributed by atoms with E-state index in [4.69, 9.17) is 4.98 Å². The molecule has 4 aromatic rings. The zero-order chi connectivity index (χ0) is 18.3. The minimum absolute atomic E-state index is 0.518. The molecule has 0 radical (unpaired) electrons. The van der Waals surface area contributed by atoms with E-state index in [1.54, 1.807) is 16.0 Å². The van der Waals surface area contributed by atoms with Crippen molar-refractivity contribution in [3.05, 3.63) is 58.7 Å². The van der Waals surface area contributed by atoms with Gasteiger partial charge in [0.15, 0.2) is 0 Å². The number of hydrogen-bond acceptors (Lipinski definition) is 5. The Morgan fingerprint density at radius 2 is 1.81 bits per heavy atom. The van der Waals surface area contributed by atoms with Gasteiger partial charge in [0, 0.05) is 11.4 Å². The first kappa shape index (κ1) is 16.7. The number of hydrogen-bond donors (Lipinski definition) is 1. The number of thiophene rings is 1. The highest BCUT2D eigenvalue weighted by Gasteiger charge is 2.13. The van der Waals surface area contributed by atoms with Crippen molar-refractivity contribution in [3.63, 3.8) is 0 Å². The lowest BCUT2D eigenvalue weighted by Crippen LogP contribution is -2.07. The summed E-state index contributed by atoms with van der Waals surface area (Å²) in [5.41, 5.74) is 4.31. The summed E-state index contributed by atoms with van der Waals surface area (Å²) in [6, 6.07) is 12.6. The Balaban J connectivity index is 1.76. The van der Waals surface area contributed by atoms with Crippen molar-refractivity contribution in [2.24, 2.45) is 0 Å². The molecular formula is C20H21N5S. The van der Waals surface area contributed by atoms with E-state index < -0.39 is 0 Å². The second-order valence-electron chi connectivity index (χ2n) is 6.75. The molecule has 0 unspecified atom stereocenters. The Bertz CT molecular complexity index is 1060. The number of nitrogens with zero attached hydrogens (tertiary/aromatic N) is 4. The third kappa shape index (κ3) is 3.08. The maximum Gasteiger partial charge on any atom is 0.254 e. The predicted molar refractivity (Wildman–Crippen MR) is 108 cm³/mol. The molecule has 5 nitrogen and oxygen atoms in total. The summed E-state index contributed by atoms with van der Waals surface area (Å²) in [5.74, 6) is 1.91. The minimum Gasteiger partial charge on any atom is -0.340 e. The molecular weight excluding hydrogens is 342 g/mol. The lowest BCUT2D eigenvalue weighted by atomic mass is 10.0. The van der Waals surface area contributed by atoms with Crippen LogP contribution in [0.3, 0.4) is 0 Å². The van der Waals surface area contributed by atoms with Crippen molar-refractivity contribution in [2.75, 3.05) is 5.32 Å². The summed E-state index contributed by atoms with van der Waals surface area (Å²) < 4.78 is 1.79. The summed E-state index contributed by atoms with van der Waals surface area (Å²) in [6.45, 7) is 8.38. The Morgan fingerprint density at radius 3 is 2.46 bits per heavy atom. The number of fused-ring (bicyclic) bond motifs is 1. The van der Waals surface area contributed by atoms with Crippen LogP contribution in [0.1, 0.15) is 36.7 Å². The molecule has 0 aliphatic rings. The molecule has 3 aromatic heterocycles. The molecule has 1 N–H and O–H groups in total. The molecule has 0 aliphatic heterocycles. The zero-order valence-electron chi connectivity index (χ0n) is 15.3. The van der Waals surface area contributed by atoms with Crippen LogP contribution < -0.4 is 5.32 Å². The molecule has 6 heteroatoms. The standard InChI is InChI=1S/C20H21N5S/c1-12(2)15-5-7-16(8-6-15)21-18-17-9-10-26-19(17)23-20(22-18)25-14(4)11-13(3)24-25/h5-12H,1-4H3,(H,21,22,23). The van der Waals surface area contributed by atoms with Gasteiger partial charge in [-0.1, -0.05) is 26.0 Å². The van der Waals surface area contributed by atoms with Crippen LogP contribution >= 0.6 is 11.3 Å². The number of anilines is 2. The molecule has 4 rings (SSSR count). The van der Waals surface area contributed by atoms with Crippen molar-refractivity contribution in [3.8, 4) is 5.95 Å². The average molecular weight is 363 g/mol. The SMILES string of the molecule is Cc1cc(C)n(-c2nc(Nc3ccc(C(C)C)cc3)c3ccsc3n2)n1. The lowest BCUT2D eigenvalue weighted by molar-refractivity contribution is 0.782. The number of aryl methyl sites for hydroxylation is 2. The summed E-state index contributed by atoms with van der Waals surface area (Å²) in [5, 5.41) is 11.0. The van der Waals surface area contributed by atoms with Crippen LogP contribution in [0.4, 0.5) is 11.5 Å². The van der Waals surface area contributed by atoms with Gasteiger partial charge in [-0.3, -0.25) is 0 Å². The fourth-order valence-corrected chi connectivity index (χ4v) is 3.71. The van der Waals surface area contributed by atoms with E-state index in [9.17, 15) is 0 Å². The van der Waals surface area contributed by atoms with Crippen LogP contribution in [0.5, 0.6) is 0 Å². The van der Waals surface area contributed by atoms with Gasteiger partial charge >= 0.3 is 0 Å². The van der Waals surface area contributed by atoms with E-state index >= 15 is 0 Å². The lowest BCUT2D eigenvalue weighted by Gasteiger charge is -2.11. The summed E-state index contributed by atoms with van der Waals surface area (Å²) in [6.07, 6.45) is 0. The Morgan fingerprint density at radius 1 is 1.04 bits per heavy atom. The summed E-state index contributed by atoms with van der Waals surface area (Å²) >= 11 is 1.61. The maximum atomic E-state index is 4.76. The highest BCUT2D eigenvalue weighted by Crippen LogP contribution is 2.29. The van der Waals surface area contributed by atoms with Crippen LogP contribution in [0.25, 0.3) is 16.2 Å². The van der Waals surface area contributed by atoms with E-state index in [0.29, 0.717) is 11.9 Å². The molecule has 0 spiro atoms. The first-order valence-electron chi connectivity index (χ1n) is 8.67. The normalized spacial score (nSPS) is 11.4. The fourth-order valence-electron chi connectivity index (χ4n) is 2.95. The quantitative estimate of drug-likeness (QED) is 0.530. The van der Waals surface area contributed by atoms with Gasteiger partial charge in [0.2, 0.25) is 0 Å². The number of benzene rings is 1.